The number of hydrogen-bond donors (Lipinski definition) is 0. The van der Waals surface area contributed by atoms with Crippen LogP contribution in [0.5, 0.6) is 5.75 Å². The van der Waals surface area contributed by atoms with Crippen LogP contribution in [0.3, 0.4) is 0 Å². The molecule has 0 aromatic heterocycles. The Labute approximate surface area is 149 Å². The predicted octanol–water partition coefficient (Wildman–Crippen LogP) is 3.95. The van der Waals surface area contributed by atoms with Crippen LogP contribution in [0.4, 0.5) is 4.39 Å². The van der Waals surface area contributed by atoms with Gasteiger partial charge in [-0.2, -0.15) is 0 Å². The minimum absolute atomic E-state index is 0.284. The summed E-state index contributed by atoms with van der Waals surface area (Å²) >= 11 is 0. The SMILES string of the molecule is Cc1cccc(F)c1OCC[N+]1(Cc2ccccc2)CCCOCC1. The maximum Gasteiger partial charge on any atom is 0.165 e. The van der Waals surface area contributed by atoms with Gasteiger partial charge in [-0.15, -0.1) is 0 Å². The van der Waals surface area contributed by atoms with Crippen molar-refractivity contribution in [1.82, 2.24) is 0 Å². The highest BCUT2D eigenvalue weighted by atomic mass is 19.1. The highest BCUT2D eigenvalue weighted by Crippen LogP contribution is 2.23. The second-order valence-electron chi connectivity index (χ2n) is 6.86. The summed E-state index contributed by atoms with van der Waals surface area (Å²) in [5.41, 5.74) is 2.17. The maximum atomic E-state index is 14.0. The summed E-state index contributed by atoms with van der Waals surface area (Å²) in [5, 5.41) is 0. The van der Waals surface area contributed by atoms with Crippen LogP contribution in [0.25, 0.3) is 0 Å². The van der Waals surface area contributed by atoms with Gasteiger partial charge in [-0.1, -0.05) is 42.5 Å². The average molecular weight is 344 g/mol. The van der Waals surface area contributed by atoms with Gasteiger partial charge in [-0.3, -0.25) is 0 Å². The van der Waals surface area contributed by atoms with Gasteiger partial charge in [-0.05, 0) is 18.6 Å². The Morgan fingerprint density at radius 1 is 1.04 bits per heavy atom. The minimum Gasteiger partial charge on any atom is -0.484 e. The van der Waals surface area contributed by atoms with E-state index in [0.29, 0.717) is 12.4 Å². The number of halogens is 1. The van der Waals surface area contributed by atoms with Crippen molar-refractivity contribution in [3.05, 3.63) is 65.5 Å². The van der Waals surface area contributed by atoms with E-state index in [1.807, 2.05) is 19.1 Å². The number of para-hydroxylation sites is 1. The fourth-order valence-corrected chi connectivity index (χ4v) is 3.55. The van der Waals surface area contributed by atoms with Crippen LogP contribution >= 0.6 is 0 Å². The summed E-state index contributed by atoms with van der Waals surface area (Å²) in [6, 6.07) is 15.6. The Morgan fingerprint density at radius 3 is 2.68 bits per heavy atom. The largest absolute Gasteiger partial charge is 0.484 e. The van der Waals surface area contributed by atoms with E-state index in [2.05, 4.69) is 24.3 Å². The first-order valence-corrected chi connectivity index (χ1v) is 9.03. The lowest BCUT2D eigenvalue weighted by molar-refractivity contribution is -0.939. The van der Waals surface area contributed by atoms with Crippen molar-refractivity contribution in [2.45, 2.75) is 19.9 Å². The molecule has 1 aliphatic rings. The molecule has 3 rings (SSSR count). The van der Waals surface area contributed by atoms with Crippen LogP contribution in [-0.4, -0.2) is 43.9 Å². The van der Waals surface area contributed by atoms with Crippen molar-refractivity contribution in [1.29, 1.82) is 0 Å². The molecule has 134 valence electrons. The monoisotopic (exact) mass is 344 g/mol. The second-order valence-corrected chi connectivity index (χ2v) is 6.86. The summed E-state index contributed by atoms with van der Waals surface area (Å²) in [5.74, 6) is 0.0974. The van der Waals surface area contributed by atoms with Crippen molar-refractivity contribution in [2.75, 3.05) is 39.5 Å². The Morgan fingerprint density at radius 2 is 1.88 bits per heavy atom. The number of aryl methyl sites for hydroxylation is 1. The predicted molar refractivity (Wildman–Crippen MR) is 97.1 cm³/mol. The normalized spacial score (nSPS) is 20.9. The molecule has 0 aliphatic carbocycles. The Balaban J connectivity index is 1.69. The lowest BCUT2D eigenvalue weighted by Crippen LogP contribution is -2.51. The zero-order valence-electron chi connectivity index (χ0n) is 14.9. The highest BCUT2D eigenvalue weighted by Gasteiger charge is 2.29. The van der Waals surface area contributed by atoms with Crippen molar-refractivity contribution in [3.63, 3.8) is 0 Å². The fraction of sp³-hybridized carbons (Fsp3) is 0.429. The van der Waals surface area contributed by atoms with Gasteiger partial charge in [0.15, 0.2) is 11.6 Å². The van der Waals surface area contributed by atoms with Gasteiger partial charge in [0.2, 0.25) is 0 Å². The molecule has 4 heteroatoms. The Hall–Kier alpha value is -1.91. The third-order valence-electron chi connectivity index (χ3n) is 4.97. The highest BCUT2D eigenvalue weighted by molar-refractivity contribution is 5.33. The van der Waals surface area contributed by atoms with Crippen molar-refractivity contribution >= 4 is 0 Å². The summed E-state index contributed by atoms with van der Waals surface area (Å²) < 4.78 is 26.4. The molecule has 0 N–H and O–H groups in total. The summed E-state index contributed by atoms with van der Waals surface area (Å²) in [4.78, 5) is 0. The van der Waals surface area contributed by atoms with Gasteiger partial charge >= 0.3 is 0 Å². The third-order valence-corrected chi connectivity index (χ3v) is 4.97. The van der Waals surface area contributed by atoms with E-state index in [0.717, 1.165) is 55.9 Å². The number of hydrogen-bond acceptors (Lipinski definition) is 2. The van der Waals surface area contributed by atoms with Crippen LogP contribution in [0.2, 0.25) is 0 Å². The first kappa shape index (κ1) is 17.9. The van der Waals surface area contributed by atoms with Gasteiger partial charge in [-0.25, -0.2) is 4.39 Å². The topological polar surface area (TPSA) is 18.5 Å². The van der Waals surface area contributed by atoms with E-state index in [1.54, 1.807) is 6.07 Å². The van der Waals surface area contributed by atoms with E-state index in [-0.39, 0.29) is 5.82 Å². The third kappa shape index (κ3) is 4.80. The minimum atomic E-state index is -0.284. The molecule has 2 aromatic carbocycles. The summed E-state index contributed by atoms with van der Waals surface area (Å²) in [6.45, 7) is 7.83. The number of quaternary nitrogens is 1. The van der Waals surface area contributed by atoms with Gasteiger partial charge in [0.1, 0.15) is 26.2 Å². The van der Waals surface area contributed by atoms with E-state index in [4.69, 9.17) is 9.47 Å². The summed E-state index contributed by atoms with van der Waals surface area (Å²) in [6.07, 6.45) is 1.05. The number of rotatable bonds is 6. The van der Waals surface area contributed by atoms with E-state index < -0.39 is 0 Å². The second kappa shape index (κ2) is 8.45. The number of nitrogens with zero attached hydrogens (tertiary/aromatic N) is 1. The molecule has 3 nitrogen and oxygen atoms in total. The van der Waals surface area contributed by atoms with Crippen molar-refractivity contribution in [2.24, 2.45) is 0 Å². The van der Waals surface area contributed by atoms with E-state index in [1.165, 1.54) is 11.6 Å². The van der Waals surface area contributed by atoms with Gasteiger partial charge < -0.3 is 14.0 Å². The van der Waals surface area contributed by atoms with Crippen LogP contribution < -0.4 is 4.74 Å². The molecular weight excluding hydrogens is 317 g/mol. The Kier molecular flexibility index (Phi) is 6.05. The molecule has 1 atom stereocenters. The molecule has 2 aromatic rings. The lowest BCUT2D eigenvalue weighted by Gasteiger charge is -2.37. The maximum absolute atomic E-state index is 14.0. The molecule has 0 saturated carbocycles. The molecule has 1 saturated heterocycles. The molecule has 1 unspecified atom stereocenters. The van der Waals surface area contributed by atoms with Gasteiger partial charge in [0, 0.05) is 12.0 Å². The molecule has 0 amide bonds. The zero-order valence-corrected chi connectivity index (χ0v) is 14.9. The Bertz CT molecular complexity index is 647. The first-order chi connectivity index (χ1) is 12.2. The molecule has 0 radical (unpaired) electrons. The van der Waals surface area contributed by atoms with Crippen LogP contribution in [0, 0.1) is 12.7 Å². The smallest absolute Gasteiger partial charge is 0.165 e. The standard InChI is InChI=1S/C21H27FNO2/c1-18-7-5-10-20(22)21(18)25-16-13-23(11-6-14-24-15-12-23)17-19-8-3-2-4-9-19/h2-5,7-10H,6,11-17H2,1H3/q+1. The van der Waals surface area contributed by atoms with Crippen LogP contribution in [0.15, 0.2) is 48.5 Å². The molecule has 25 heavy (non-hydrogen) atoms. The van der Waals surface area contributed by atoms with Crippen LogP contribution in [-0.2, 0) is 11.3 Å². The molecule has 1 heterocycles. The van der Waals surface area contributed by atoms with Gasteiger partial charge in [0.05, 0.1) is 19.8 Å². The zero-order chi connectivity index (χ0) is 17.5. The molecular formula is C21H27FNO2+. The molecule has 0 spiro atoms. The summed E-state index contributed by atoms with van der Waals surface area (Å²) in [7, 11) is 0. The van der Waals surface area contributed by atoms with Crippen LogP contribution in [0.1, 0.15) is 17.5 Å². The van der Waals surface area contributed by atoms with Gasteiger partial charge in [0.25, 0.3) is 0 Å². The van der Waals surface area contributed by atoms with Crippen molar-refractivity contribution in [3.8, 4) is 5.75 Å². The fourth-order valence-electron chi connectivity index (χ4n) is 3.55. The number of benzene rings is 2. The average Bonchev–Trinajstić information content (AvgIpc) is 2.84. The van der Waals surface area contributed by atoms with Crippen molar-refractivity contribution < 1.29 is 18.3 Å². The van der Waals surface area contributed by atoms with E-state index >= 15 is 0 Å². The number of ether oxygens (including phenoxy) is 2. The van der Waals surface area contributed by atoms with E-state index in [9.17, 15) is 4.39 Å². The molecule has 0 bridgehead atoms. The first-order valence-electron chi connectivity index (χ1n) is 9.03. The molecule has 1 fully saturated rings. The lowest BCUT2D eigenvalue weighted by atomic mass is 10.1. The molecule has 1 aliphatic heterocycles. The quantitative estimate of drug-likeness (QED) is 0.739.